The highest BCUT2D eigenvalue weighted by molar-refractivity contribution is 7.99. The van der Waals surface area contributed by atoms with Gasteiger partial charge in [0.2, 0.25) is 11.8 Å². The van der Waals surface area contributed by atoms with E-state index in [9.17, 15) is 9.59 Å². The lowest BCUT2D eigenvalue weighted by molar-refractivity contribution is -0.131. The van der Waals surface area contributed by atoms with E-state index < -0.39 is 5.41 Å². The van der Waals surface area contributed by atoms with Crippen molar-refractivity contribution in [1.82, 2.24) is 20.1 Å². The van der Waals surface area contributed by atoms with Gasteiger partial charge in [-0.05, 0) is 74.4 Å². The normalized spacial score (nSPS) is 18.8. The lowest BCUT2D eigenvalue weighted by atomic mass is 9.87. The van der Waals surface area contributed by atoms with Gasteiger partial charge in [-0.3, -0.25) is 14.7 Å². The summed E-state index contributed by atoms with van der Waals surface area (Å²) in [6.07, 6.45) is 6.79. The van der Waals surface area contributed by atoms with E-state index in [4.69, 9.17) is 0 Å². The Hall–Kier alpha value is -2.74. The van der Waals surface area contributed by atoms with E-state index >= 15 is 0 Å². The number of nitrogens with one attached hydrogen (secondary N) is 2. The zero-order valence-corrected chi connectivity index (χ0v) is 20.3. The number of hydrogen-bond acceptors (Lipinski definition) is 4. The molecule has 1 saturated heterocycles. The van der Waals surface area contributed by atoms with Crippen molar-refractivity contribution in [3.8, 4) is 11.4 Å². The summed E-state index contributed by atoms with van der Waals surface area (Å²) in [6, 6.07) is 4.10. The molecule has 0 radical (unpaired) electrons. The van der Waals surface area contributed by atoms with Gasteiger partial charge < -0.3 is 14.8 Å². The second-order valence-corrected chi connectivity index (χ2v) is 10.8. The Kier molecular flexibility index (Phi) is 5.72. The number of H-pyrrole nitrogens is 2. The summed E-state index contributed by atoms with van der Waals surface area (Å²) < 4.78 is 0. The van der Waals surface area contributed by atoms with Crippen molar-refractivity contribution in [1.29, 1.82) is 0 Å². The van der Waals surface area contributed by atoms with E-state index in [0.717, 1.165) is 72.1 Å². The molecule has 5 rings (SSSR count). The van der Waals surface area contributed by atoms with Gasteiger partial charge in [0.15, 0.2) is 0 Å². The summed E-state index contributed by atoms with van der Waals surface area (Å²) >= 11 is 1.87. The monoisotopic (exact) mass is 465 g/mol. The van der Waals surface area contributed by atoms with Crippen LogP contribution in [0.3, 0.4) is 0 Å². The number of carbonyl (C=O) groups excluding carboxylic acids is 2. The maximum atomic E-state index is 13.5. The number of hydrogen-bond donors (Lipinski definition) is 2. The molecule has 2 aromatic heterocycles. The molecule has 3 aliphatic rings. The number of amides is 2. The molecule has 0 bridgehead atoms. The van der Waals surface area contributed by atoms with Crippen molar-refractivity contribution in [3.05, 3.63) is 46.8 Å². The number of fused-ring (bicyclic) bond motifs is 4. The highest BCUT2D eigenvalue weighted by Gasteiger charge is 2.44. The highest BCUT2D eigenvalue weighted by Crippen LogP contribution is 2.41. The number of aromatic nitrogens is 3. The van der Waals surface area contributed by atoms with Crippen molar-refractivity contribution in [2.24, 2.45) is 0 Å². The average molecular weight is 466 g/mol. The maximum Gasteiger partial charge on any atom is 0.242 e. The quantitative estimate of drug-likeness (QED) is 0.711. The van der Waals surface area contributed by atoms with Crippen molar-refractivity contribution < 1.29 is 9.59 Å². The van der Waals surface area contributed by atoms with Crippen LogP contribution >= 0.6 is 11.8 Å². The molecule has 8 heteroatoms. The molecule has 0 aromatic carbocycles. The van der Waals surface area contributed by atoms with Crippen LogP contribution in [0.4, 0.5) is 5.69 Å². The predicted octanol–water partition coefficient (Wildman–Crippen LogP) is 3.53. The second kappa shape index (κ2) is 8.56. The molecule has 174 valence electrons. The van der Waals surface area contributed by atoms with E-state index in [1.807, 2.05) is 49.0 Å². The summed E-state index contributed by atoms with van der Waals surface area (Å²) in [6.45, 7) is 7.59. The minimum absolute atomic E-state index is 0.0209. The van der Waals surface area contributed by atoms with E-state index in [1.165, 1.54) is 11.1 Å². The second-order valence-electron chi connectivity index (χ2n) is 9.59. The molecular formula is C25H31N5O2S. The Morgan fingerprint density at radius 3 is 2.79 bits per heavy atom. The van der Waals surface area contributed by atoms with Gasteiger partial charge in [0.25, 0.3) is 0 Å². The largest absolute Gasteiger partial charge is 0.360 e. The number of nitrogens with zero attached hydrogens (tertiary/aromatic N) is 3. The predicted molar refractivity (Wildman–Crippen MR) is 132 cm³/mol. The molecule has 7 nitrogen and oxygen atoms in total. The van der Waals surface area contributed by atoms with Gasteiger partial charge in [-0.25, -0.2) is 0 Å². The third kappa shape index (κ3) is 3.84. The molecule has 0 saturated carbocycles. The summed E-state index contributed by atoms with van der Waals surface area (Å²) in [5, 5.41) is 7.44. The van der Waals surface area contributed by atoms with Gasteiger partial charge in [-0.2, -0.15) is 16.9 Å². The minimum atomic E-state index is -0.705. The first-order chi connectivity index (χ1) is 15.9. The summed E-state index contributed by atoms with van der Waals surface area (Å²) in [5.74, 6) is 1.92. The molecule has 0 unspecified atom stereocenters. The fourth-order valence-corrected chi connectivity index (χ4v) is 6.09. The first-order valence-corrected chi connectivity index (χ1v) is 12.8. The molecule has 0 atom stereocenters. The van der Waals surface area contributed by atoms with Gasteiger partial charge in [-0.15, -0.1) is 0 Å². The van der Waals surface area contributed by atoms with Crippen LogP contribution in [0.25, 0.3) is 11.4 Å². The van der Waals surface area contributed by atoms with Crippen LogP contribution in [-0.4, -0.2) is 63.0 Å². The highest BCUT2D eigenvalue weighted by atomic mass is 32.2. The van der Waals surface area contributed by atoms with E-state index in [-0.39, 0.29) is 18.4 Å². The lowest BCUT2D eigenvalue weighted by Crippen LogP contribution is -2.46. The molecule has 1 aliphatic carbocycles. The van der Waals surface area contributed by atoms with Gasteiger partial charge in [0.1, 0.15) is 6.54 Å². The summed E-state index contributed by atoms with van der Waals surface area (Å²) in [7, 11) is 0. The van der Waals surface area contributed by atoms with Gasteiger partial charge in [-0.1, -0.05) is 0 Å². The van der Waals surface area contributed by atoms with Crippen LogP contribution < -0.4 is 4.90 Å². The number of rotatable bonds is 2. The molecule has 2 amide bonds. The SMILES string of the molecule is Cc1cc2c(cc[nH]c3c1CCCc1cn[nH]c1-3)C(C)(C)C(=O)N2CC(=O)N1CCSCC1. The van der Waals surface area contributed by atoms with Crippen molar-refractivity contribution in [3.63, 3.8) is 0 Å². The lowest BCUT2D eigenvalue weighted by Gasteiger charge is -2.29. The molecule has 4 heterocycles. The molecule has 2 N–H and O–H groups in total. The van der Waals surface area contributed by atoms with Crippen molar-refractivity contribution in [2.45, 2.75) is 45.4 Å². The third-order valence-electron chi connectivity index (χ3n) is 7.13. The van der Waals surface area contributed by atoms with Crippen molar-refractivity contribution in [2.75, 3.05) is 36.0 Å². The fourth-order valence-electron chi connectivity index (χ4n) is 5.18. The first kappa shape index (κ1) is 22.1. The van der Waals surface area contributed by atoms with Gasteiger partial charge in [0.05, 0.1) is 23.0 Å². The Labute approximate surface area is 198 Å². The Balaban J connectivity index is 1.63. The zero-order valence-electron chi connectivity index (χ0n) is 19.5. The number of aromatic amines is 2. The maximum absolute atomic E-state index is 13.5. The summed E-state index contributed by atoms with van der Waals surface area (Å²) in [5.41, 5.74) is 6.68. The topological polar surface area (TPSA) is 85.1 Å². The Bertz CT molecular complexity index is 1160. The van der Waals surface area contributed by atoms with Crippen LogP contribution in [-0.2, 0) is 27.8 Å². The number of aryl methyl sites for hydroxylation is 2. The molecular weight excluding hydrogens is 434 g/mol. The molecule has 2 aromatic rings. The van der Waals surface area contributed by atoms with Gasteiger partial charge >= 0.3 is 0 Å². The molecule has 33 heavy (non-hydrogen) atoms. The Morgan fingerprint density at radius 2 is 2.00 bits per heavy atom. The van der Waals surface area contributed by atoms with Crippen molar-refractivity contribution >= 4 is 29.3 Å². The molecule has 1 fully saturated rings. The number of carbonyl (C=O) groups is 2. The van der Waals surface area contributed by atoms with Crippen LogP contribution in [0.2, 0.25) is 0 Å². The Morgan fingerprint density at radius 1 is 1.21 bits per heavy atom. The zero-order chi connectivity index (χ0) is 23.2. The van der Waals surface area contributed by atoms with Crippen LogP contribution in [0, 0.1) is 6.92 Å². The third-order valence-corrected chi connectivity index (χ3v) is 8.07. The van der Waals surface area contributed by atoms with Gasteiger partial charge in [0, 0.05) is 36.5 Å². The average Bonchev–Trinajstić information content (AvgIpc) is 3.29. The standard InChI is InChI=1S/C25H31N5O2S/c1-16-13-20-19(7-8-26-23-18(16)6-4-5-17-14-27-28-22(17)23)25(2,3)24(32)30(20)15-21(31)29-9-11-33-12-10-29/h7-8,13-14,26H,4-6,9-12,15H2,1-3H3,(H,27,28). The fraction of sp³-hybridized carbons (Fsp3) is 0.480. The first-order valence-electron chi connectivity index (χ1n) is 11.7. The van der Waals surface area contributed by atoms with Crippen LogP contribution in [0.1, 0.15) is 42.5 Å². The molecule has 0 spiro atoms. The van der Waals surface area contributed by atoms with Crippen LogP contribution in [0.15, 0.2) is 24.5 Å². The molecule has 2 aliphatic heterocycles. The smallest absolute Gasteiger partial charge is 0.242 e. The summed E-state index contributed by atoms with van der Waals surface area (Å²) in [4.78, 5) is 33.7. The van der Waals surface area contributed by atoms with E-state index in [0.29, 0.717) is 0 Å². The van der Waals surface area contributed by atoms with E-state index in [1.54, 1.807) is 4.90 Å². The minimum Gasteiger partial charge on any atom is -0.360 e. The number of anilines is 1. The number of thioether (sulfide) groups is 1. The van der Waals surface area contributed by atoms with Crippen LogP contribution in [0.5, 0.6) is 0 Å². The van der Waals surface area contributed by atoms with E-state index in [2.05, 4.69) is 28.2 Å².